The molecule has 0 spiro atoms. The van der Waals surface area contributed by atoms with Gasteiger partial charge in [0.15, 0.2) is 0 Å². The van der Waals surface area contributed by atoms with E-state index in [9.17, 15) is 4.79 Å². The maximum Gasteiger partial charge on any atom is 0.321 e. The average Bonchev–Trinajstić information content (AvgIpc) is 2.89. The molecule has 1 aromatic rings. The van der Waals surface area contributed by atoms with E-state index in [1.165, 1.54) is 18.6 Å². The lowest BCUT2D eigenvalue weighted by atomic mass is 10.1. The van der Waals surface area contributed by atoms with Crippen molar-refractivity contribution in [2.75, 3.05) is 29.1 Å². The molecule has 0 saturated carbocycles. The van der Waals surface area contributed by atoms with E-state index in [4.69, 9.17) is 0 Å². The van der Waals surface area contributed by atoms with Gasteiger partial charge in [-0.05, 0) is 42.9 Å². The molecule has 2 unspecified atom stereocenters. The predicted molar refractivity (Wildman–Crippen MR) is 85.8 cm³/mol. The van der Waals surface area contributed by atoms with Gasteiger partial charge < -0.3 is 10.6 Å². The second-order valence-electron chi connectivity index (χ2n) is 5.40. The minimum Gasteiger partial charge on any atom is -0.381 e. The van der Waals surface area contributed by atoms with E-state index < -0.39 is 0 Å². The number of nitrogens with zero attached hydrogens (tertiary/aromatic N) is 1. The second kappa shape index (κ2) is 5.95. The summed E-state index contributed by atoms with van der Waals surface area (Å²) in [5.41, 5.74) is 2.12. The number of anilines is 2. The molecule has 2 heterocycles. The quantitative estimate of drug-likeness (QED) is 0.900. The summed E-state index contributed by atoms with van der Waals surface area (Å²) in [6.45, 7) is 3.78. The number of hydrogen-bond acceptors (Lipinski definition) is 3. The Morgan fingerprint density at radius 3 is 2.80 bits per heavy atom. The zero-order valence-corrected chi connectivity index (χ0v) is 12.6. The first-order chi connectivity index (χ1) is 9.74. The fourth-order valence-electron chi connectivity index (χ4n) is 2.78. The lowest BCUT2D eigenvalue weighted by Gasteiger charge is -2.30. The van der Waals surface area contributed by atoms with E-state index >= 15 is 0 Å². The van der Waals surface area contributed by atoms with Gasteiger partial charge in [-0.15, -0.1) is 0 Å². The van der Waals surface area contributed by atoms with Gasteiger partial charge in [-0.2, -0.15) is 11.8 Å². The molecule has 3 rings (SSSR count). The number of urea groups is 1. The van der Waals surface area contributed by atoms with Crippen molar-refractivity contribution in [3.8, 4) is 0 Å². The van der Waals surface area contributed by atoms with Gasteiger partial charge in [0.2, 0.25) is 0 Å². The summed E-state index contributed by atoms with van der Waals surface area (Å²) in [7, 11) is 0. The minimum absolute atomic E-state index is 0.00279. The molecule has 2 aliphatic rings. The number of hydrogen-bond donors (Lipinski definition) is 2. The third-order valence-corrected chi connectivity index (χ3v) is 5.37. The maximum atomic E-state index is 11.6. The minimum atomic E-state index is 0.00279. The highest BCUT2D eigenvalue weighted by atomic mass is 32.2. The number of rotatable bonds is 3. The van der Waals surface area contributed by atoms with Crippen LogP contribution in [0.2, 0.25) is 0 Å². The van der Waals surface area contributed by atoms with Crippen molar-refractivity contribution in [3.63, 3.8) is 0 Å². The first-order valence-corrected chi connectivity index (χ1v) is 8.32. The summed E-state index contributed by atoms with van der Waals surface area (Å²) in [5.74, 6) is 1.28. The van der Waals surface area contributed by atoms with Crippen molar-refractivity contribution >= 4 is 29.2 Å². The van der Waals surface area contributed by atoms with Crippen molar-refractivity contribution in [2.24, 2.45) is 0 Å². The predicted octanol–water partition coefficient (Wildman–Crippen LogP) is 2.91. The van der Waals surface area contributed by atoms with Gasteiger partial charge in [-0.25, -0.2) is 4.79 Å². The van der Waals surface area contributed by atoms with E-state index in [1.807, 2.05) is 23.9 Å². The van der Waals surface area contributed by atoms with Gasteiger partial charge in [0.25, 0.3) is 0 Å². The standard InChI is InChI=1S/C15H21N3OS/c1-11-14(3-2-10-20-11)17-12-4-6-13(7-5-12)18-9-8-16-15(18)19/h4-7,11,14,17H,2-3,8-10H2,1H3,(H,16,19). The highest BCUT2D eigenvalue weighted by Crippen LogP contribution is 2.28. The monoisotopic (exact) mass is 291 g/mol. The number of nitrogens with one attached hydrogen (secondary N) is 2. The van der Waals surface area contributed by atoms with Crippen LogP contribution in [0.5, 0.6) is 0 Å². The van der Waals surface area contributed by atoms with E-state index in [1.54, 1.807) is 4.90 Å². The normalized spacial score (nSPS) is 26.4. The van der Waals surface area contributed by atoms with E-state index in [2.05, 4.69) is 29.7 Å². The van der Waals surface area contributed by atoms with E-state index in [0.717, 1.165) is 24.5 Å². The molecule has 0 radical (unpaired) electrons. The maximum absolute atomic E-state index is 11.6. The van der Waals surface area contributed by atoms with Crippen molar-refractivity contribution < 1.29 is 4.79 Å². The van der Waals surface area contributed by atoms with E-state index in [0.29, 0.717) is 11.3 Å². The number of carbonyl (C=O) groups excluding carboxylic acids is 1. The SMILES string of the molecule is CC1SCCCC1Nc1ccc(N2CCNC2=O)cc1. The van der Waals surface area contributed by atoms with Crippen LogP contribution < -0.4 is 15.5 Å². The molecule has 0 bridgehead atoms. The summed E-state index contributed by atoms with van der Waals surface area (Å²) < 4.78 is 0. The Morgan fingerprint density at radius 2 is 2.15 bits per heavy atom. The molecule has 1 aromatic carbocycles. The fraction of sp³-hybridized carbons (Fsp3) is 0.533. The van der Waals surface area contributed by atoms with Crippen molar-refractivity contribution in [1.29, 1.82) is 0 Å². The van der Waals surface area contributed by atoms with Crippen LogP contribution in [-0.4, -0.2) is 36.2 Å². The Kier molecular flexibility index (Phi) is 4.05. The first-order valence-electron chi connectivity index (χ1n) is 7.27. The highest BCUT2D eigenvalue weighted by molar-refractivity contribution is 8.00. The number of thioether (sulfide) groups is 1. The molecule has 2 fully saturated rings. The molecule has 5 heteroatoms. The summed E-state index contributed by atoms with van der Waals surface area (Å²) in [4.78, 5) is 13.4. The smallest absolute Gasteiger partial charge is 0.321 e. The van der Waals surface area contributed by atoms with Crippen LogP contribution in [0, 0.1) is 0 Å². The van der Waals surface area contributed by atoms with Gasteiger partial charge in [0, 0.05) is 35.8 Å². The number of carbonyl (C=O) groups is 1. The molecule has 4 nitrogen and oxygen atoms in total. The molecule has 2 saturated heterocycles. The highest BCUT2D eigenvalue weighted by Gasteiger charge is 2.23. The van der Waals surface area contributed by atoms with E-state index in [-0.39, 0.29) is 6.03 Å². The molecular weight excluding hydrogens is 270 g/mol. The van der Waals surface area contributed by atoms with Gasteiger partial charge in [-0.1, -0.05) is 6.92 Å². The Bertz CT molecular complexity index is 477. The molecule has 0 aliphatic carbocycles. The number of benzene rings is 1. The van der Waals surface area contributed by atoms with Crippen molar-refractivity contribution in [3.05, 3.63) is 24.3 Å². The summed E-state index contributed by atoms with van der Waals surface area (Å²) in [5, 5.41) is 7.10. The molecule has 20 heavy (non-hydrogen) atoms. The van der Waals surface area contributed by atoms with Gasteiger partial charge >= 0.3 is 6.03 Å². The summed E-state index contributed by atoms with van der Waals surface area (Å²) >= 11 is 2.05. The first kappa shape index (κ1) is 13.6. The van der Waals surface area contributed by atoms with Crippen LogP contribution in [0.15, 0.2) is 24.3 Å². The molecule has 2 atom stereocenters. The van der Waals surface area contributed by atoms with Crippen LogP contribution in [0.1, 0.15) is 19.8 Å². The van der Waals surface area contributed by atoms with Crippen LogP contribution in [0.4, 0.5) is 16.2 Å². The largest absolute Gasteiger partial charge is 0.381 e. The molecule has 2 aliphatic heterocycles. The zero-order chi connectivity index (χ0) is 13.9. The molecule has 0 aromatic heterocycles. The average molecular weight is 291 g/mol. The van der Waals surface area contributed by atoms with Gasteiger partial charge in [0.1, 0.15) is 0 Å². The lowest BCUT2D eigenvalue weighted by molar-refractivity contribution is 0.252. The molecule has 2 N–H and O–H groups in total. The van der Waals surface area contributed by atoms with Crippen molar-refractivity contribution in [1.82, 2.24) is 5.32 Å². The zero-order valence-electron chi connectivity index (χ0n) is 11.8. The Morgan fingerprint density at radius 1 is 1.35 bits per heavy atom. The van der Waals surface area contributed by atoms with Crippen LogP contribution >= 0.6 is 11.8 Å². The topological polar surface area (TPSA) is 44.4 Å². The Labute approximate surface area is 124 Å². The third kappa shape index (κ3) is 2.87. The Balaban J connectivity index is 1.65. The number of amides is 2. The van der Waals surface area contributed by atoms with Crippen LogP contribution in [0.3, 0.4) is 0 Å². The third-order valence-electron chi connectivity index (χ3n) is 3.99. The van der Waals surface area contributed by atoms with Crippen LogP contribution in [-0.2, 0) is 0 Å². The lowest BCUT2D eigenvalue weighted by Crippen LogP contribution is -2.32. The van der Waals surface area contributed by atoms with Crippen molar-refractivity contribution in [2.45, 2.75) is 31.1 Å². The second-order valence-corrected chi connectivity index (χ2v) is 6.88. The molecular formula is C15H21N3OS. The Hall–Kier alpha value is -1.36. The fourth-order valence-corrected chi connectivity index (χ4v) is 3.92. The summed E-state index contributed by atoms with van der Waals surface area (Å²) in [6.07, 6.45) is 2.53. The van der Waals surface area contributed by atoms with Gasteiger partial charge in [-0.3, -0.25) is 4.90 Å². The molecule has 108 valence electrons. The molecule has 2 amide bonds. The summed E-state index contributed by atoms with van der Waals surface area (Å²) in [6, 6.07) is 8.75. The van der Waals surface area contributed by atoms with Crippen LogP contribution in [0.25, 0.3) is 0 Å². The van der Waals surface area contributed by atoms with Gasteiger partial charge in [0.05, 0.1) is 0 Å².